The number of hydrogen-bond donors (Lipinski definition) is 1. The number of amides is 2. The van der Waals surface area contributed by atoms with E-state index in [1.54, 1.807) is 18.9 Å². The quantitative estimate of drug-likeness (QED) is 0.835. The summed E-state index contributed by atoms with van der Waals surface area (Å²) in [5.41, 5.74) is 0.959. The molecule has 0 fully saturated rings. The Kier molecular flexibility index (Phi) is 6.72. The fraction of sp³-hybridized carbons (Fsp3) is 0.500. The van der Waals surface area contributed by atoms with Crippen molar-refractivity contribution in [2.75, 3.05) is 13.7 Å². The van der Waals surface area contributed by atoms with Gasteiger partial charge < -0.3 is 15.0 Å². The molecule has 0 radical (unpaired) electrons. The summed E-state index contributed by atoms with van der Waals surface area (Å²) in [6, 6.07) is 6.98. The van der Waals surface area contributed by atoms with Crippen LogP contribution in [0.5, 0.6) is 5.75 Å². The van der Waals surface area contributed by atoms with Crippen LogP contribution in [-0.4, -0.2) is 36.4 Å². The van der Waals surface area contributed by atoms with Crippen LogP contribution in [0.3, 0.4) is 0 Å². The first kappa shape index (κ1) is 17.0. The van der Waals surface area contributed by atoms with Crippen LogP contribution in [0.2, 0.25) is 0 Å². The normalized spacial score (nSPS) is 11.6. The fourth-order valence-electron chi connectivity index (χ4n) is 1.99. The van der Waals surface area contributed by atoms with Crippen molar-refractivity contribution in [1.82, 2.24) is 10.2 Å². The molecule has 21 heavy (non-hydrogen) atoms. The molecule has 0 aromatic heterocycles. The second-order valence-corrected chi connectivity index (χ2v) is 4.96. The van der Waals surface area contributed by atoms with Gasteiger partial charge in [-0.15, -0.1) is 0 Å². The Labute approximate surface area is 126 Å². The number of carbonyl (C=O) groups is 2. The number of hydrogen-bond acceptors (Lipinski definition) is 3. The van der Waals surface area contributed by atoms with Crippen molar-refractivity contribution < 1.29 is 14.3 Å². The van der Waals surface area contributed by atoms with Gasteiger partial charge in [-0.1, -0.05) is 19.1 Å². The standard InChI is InChI=1S/C16H24N2O3/c1-5-10-17-16(20)12(2)18(13(3)19)11-14-6-8-15(21-4)9-7-14/h6-9,12H,5,10-11H2,1-4H3,(H,17,20)/t12-/m0/s1. The average Bonchev–Trinajstić information content (AvgIpc) is 2.49. The first-order chi connectivity index (χ1) is 9.99. The van der Waals surface area contributed by atoms with Gasteiger partial charge in [-0.05, 0) is 31.0 Å². The molecule has 0 saturated carbocycles. The largest absolute Gasteiger partial charge is 0.497 e. The highest BCUT2D eigenvalue weighted by atomic mass is 16.5. The summed E-state index contributed by atoms with van der Waals surface area (Å²) in [5.74, 6) is 0.521. The molecule has 0 spiro atoms. The van der Waals surface area contributed by atoms with E-state index < -0.39 is 6.04 Å². The Hall–Kier alpha value is -2.04. The number of nitrogens with zero attached hydrogens (tertiary/aromatic N) is 1. The molecule has 5 heteroatoms. The molecule has 0 unspecified atom stereocenters. The summed E-state index contributed by atoms with van der Waals surface area (Å²) in [6.45, 7) is 6.24. The third kappa shape index (κ3) is 5.10. The minimum absolute atomic E-state index is 0.120. The molecule has 116 valence electrons. The molecular weight excluding hydrogens is 268 g/mol. The molecule has 1 N–H and O–H groups in total. The maximum atomic E-state index is 12.0. The first-order valence-corrected chi connectivity index (χ1v) is 7.17. The highest BCUT2D eigenvalue weighted by molar-refractivity contribution is 5.86. The van der Waals surface area contributed by atoms with Gasteiger partial charge in [0.05, 0.1) is 7.11 Å². The molecule has 1 aromatic carbocycles. The lowest BCUT2D eigenvalue weighted by molar-refractivity contribution is -0.138. The maximum absolute atomic E-state index is 12.0. The molecule has 1 aromatic rings. The van der Waals surface area contributed by atoms with Gasteiger partial charge in [0, 0.05) is 20.0 Å². The van der Waals surface area contributed by atoms with Crippen molar-refractivity contribution in [1.29, 1.82) is 0 Å². The minimum atomic E-state index is -0.490. The monoisotopic (exact) mass is 292 g/mol. The van der Waals surface area contributed by atoms with Crippen LogP contribution in [0.4, 0.5) is 0 Å². The Bertz CT molecular complexity index is 471. The Morgan fingerprint density at radius 1 is 1.29 bits per heavy atom. The van der Waals surface area contributed by atoms with Crippen molar-refractivity contribution in [2.24, 2.45) is 0 Å². The topological polar surface area (TPSA) is 58.6 Å². The van der Waals surface area contributed by atoms with Crippen LogP contribution in [0.15, 0.2) is 24.3 Å². The van der Waals surface area contributed by atoms with Crippen molar-refractivity contribution in [2.45, 2.75) is 39.8 Å². The fourth-order valence-corrected chi connectivity index (χ4v) is 1.99. The van der Waals surface area contributed by atoms with Crippen LogP contribution < -0.4 is 10.1 Å². The number of benzene rings is 1. The Balaban J connectivity index is 2.76. The number of rotatable bonds is 7. The average molecular weight is 292 g/mol. The third-order valence-electron chi connectivity index (χ3n) is 3.31. The smallest absolute Gasteiger partial charge is 0.242 e. The van der Waals surface area contributed by atoms with Crippen LogP contribution in [0, 0.1) is 0 Å². The molecule has 0 aliphatic heterocycles. The van der Waals surface area contributed by atoms with Gasteiger partial charge in [-0.3, -0.25) is 9.59 Å². The second-order valence-electron chi connectivity index (χ2n) is 4.96. The summed E-state index contributed by atoms with van der Waals surface area (Å²) in [5, 5.41) is 2.82. The van der Waals surface area contributed by atoms with Gasteiger partial charge in [0.25, 0.3) is 0 Å². The zero-order valence-corrected chi connectivity index (χ0v) is 13.2. The molecule has 1 atom stereocenters. The molecule has 0 bridgehead atoms. The molecule has 0 saturated heterocycles. The molecule has 0 aliphatic rings. The lowest BCUT2D eigenvalue weighted by Gasteiger charge is -2.27. The van der Waals surface area contributed by atoms with E-state index in [0.29, 0.717) is 13.1 Å². The van der Waals surface area contributed by atoms with Crippen molar-refractivity contribution >= 4 is 11.8 Å². The van der Waals surface area contributed by atoms with Crippen LogP contribution in [0.25, 0.3) is 0 Å². The van der Waals surface area contributed by atoms with E-state index in [9.17, 15) is 9.59 Å². The summed E-state index contributed by atoms with van der Waals surface area (Å²) in [7, 11) is 1.61. The predicted molar refractivity (Wildman–Crippen MR) is 82.0 cm³/mol. The maximum Gasteiger partial charge on any atom is 0.242 e. The van der Waals surface area contributed by atoms with E-state index in [-0.39, 0.29) is 11.8 Å². The third-order valence-corrected chi connectivity index (χ3v) is 3.31. The zero-order valence-electron chi connectivity index (χ0n) is 13.2. The van der Waals surface area contributed by atoms with Gasteiger partial charge in [-0.2, -0.15) is 0 Å². The Morgan fingerprint density at radius 3 is 2.38 bits per heavy atom. The van der Waals surface area contributed by atoms with Gasteiger partial charge in [0.1, 0.15) is 11.8 Å². The summed E-state index contributed by atoms with van der Waals surface area (Å²) < 4.78 is 5.11. The molecule has 2 amide bonds. The molecule has 0 heterocycles. The molecule has 0 aliphatic carbocycles. The SMILES string of the molecule is CCCNC(=O)[C@H](C)N(Cc1ccc(OC)cc1)C(C)=O. The van der Waals surface area contributed by atoms with E-state index in [4.69, 9.17) is 4.74 Å². The number of carbonyl (C=O) groups excluding carboxylic acids is 2. The summed E-state index contributed by atoms with van der Waals surface area (Å²) in [4.78, 5) is 25.4. The van der Waals surface area contributed by atoms with Gasteiger partial charge in [-0.25, -0.2) is 0 Å². The van der Waals surface area contributed by atoms with Crippen molar-refractivity contribution in [3.05, 3.63) is 29.8 Å². The van der Waals surface area contributed by atoms with Crippen LogP contribution in [0.1, 0.15) is 32.8 Å². The predicted octanol–water partition coefficient (Wildman–Crippen LogP) is 1.96. The zero-order chi connectivity index (χ0) is 15.8. The summed E-state index contributed by atoms with van der Waals surface area (Å²) in [6.07, 6.45) is 0.872. The molecule has 1 rings (SSSR count). The number of methoxy groups -OCH3 is 1. The van der Waals surface area contributed by atoms with Gasteiger partial charge in [0.15, 0.2) is 0 Å². The van der Waals surface area contributed by atoms with Crippen LogP contribution >= 0.6 is 0 Å². The highest BCUT2D eigenvalue weighted by Gasteiger charge is 2.23. The lowest BCUT2D eigenvalue weighted by Crippen LogP contribution is -2.47. The van der Waals surface area contributed by atoms with Gasteiger partial charge in [0.2, 0.25) is 11.8 Å². The van der Waals surface area contributed by atoms with Crippen LogP contribution in [-0.2, 0) is 16.1 Å². The minimum Gasteiger partial charge on any atom is -0.497 e. The Morgan fingerprint density at radius 2 is 1.90 bits per heavy atom. The van der Waals surface area contributed by atoms with E-state index in [1.165, 1.54) is 6.92 Å². The lowest BCUT2D eigenvalue weighted by atomic mass is 10.1. The van der Waals surface area contributed by atoms with E-state index in [0.717, 1.165) is 17.7 Å². The summed E-state index contributed by atoms with van der Waals surface area (Å²) >= 11 is 0. The van der Waals surface area contributed by atoms with Crippen molar-refractivity contribution in [3.8, 4) is 5.75 Å². The second kappa shape index (κ2) is 8.29. The van der Waals surface area contributed by atoms with E-state index >= 15 is 0 Å². The number of ether oxygens (including phenoxy) is 1. The molecular formula is C16H24N2O3. The first-order valence-electron chi connectivity index (χ1n) is 7.17. The van der Waals surface area contributed by atoms with E-state index in [2.05, 4.69) is 5.32 Å². The van der Waals surface area contributed by atoms with Gasteiger partial charge >= 0.3 is 0 Å². The highest BCUT2D eigenvalue weighted by Crippen LogP contribution is 2.14. The molecule has 5 nitrogen and oxygen atoms in total. The van der Waals surface area contributed by atoms with Crippen molar-refractivity contribution in [3.63, 3.8) is 0 Å². The van der Waals surface area contributed by atoms with E-state index in [1.807, 2.05) is 31.2 Å². The number of nitrogens with one attached hydrogen (secondary N) is 1.